The van der Waals surface area contributed by atoms with Gasteiger partial charge in [0.1, 0.15) is 11.8 Å². The van der Waals surface area contributed by atoms with Crippen LogP contribution in [-0.2, 0) is 9.59 Å². The predicted molar refractivity (Wildman–Crippen MR) is 122 cm³/mol. The first kappa shape index (κ1) is 22.7. The first-order valence-corrected chi connectivity index (χ1v) is 11.2. The Labute approximate surface area is 183 Å². The Morgan fingerprint density at radius 2 is 1.87 bits per heavy atom. The number of carbonyl (C=O) groups is 3. The topological polar surface area (TPSA) is 100 Å². The first-order valence-electron chi connectivity index (χ1n) is 11.2. The zero-order valence-corrected chi connectivity index (χ0v) is 18.2. The highest BCUT2D eigenvalue weighted by Gasteiger charge is 2.23. The fraction of sp³-hybridized carbons (Fsp3) is 0.500. The third kappa shape index (κ3) is 7.35. The summed E-state index contributed by atoms with van der Waals surface area (Å²) in [6.07, 6.45) is 9.31. The molecule has 0 radical (unpaired) electrons. The summed E-state index contributed by atoms with van der Waals surface area (Å²) in [4.78, 5) is 40.9. The van der Waals surface area contributed by atoms with Crippen LogP contribution in [0, 0.1) is 0 Å². The number of Topliss-reactive ketones (excluding diaryl/α,β-unsaturated/α-hetero) is 1. The van der Waals surface area contributed by atoms with Crippen molar-refractivity contribution in [2.75, 3.05) is 5.32 Å². The van der Waals surface area contributed by atoms with Gasteiger partial charge in [0.25, 0.3) is 0 Å². The molecular weight excluding hydrogens is 392 g/mol. The molecule has 1 aromatic heterocycles. The number of hydrogen-bond acceptors (Lipinski definition) is 4. The van der Waals surface area contributed by atoms with Crippen molar-refractivity contribution in [3.05, 3.63) is 36.5 Å². The van der Waals surface area contributed by atoms with E-state index in [-0.39, 0.29) is 23.8 Å². The normalized spacial score (nSPS) is 14.9. The van der Waals surface area contributed by atoms with Crippen molar-refractivity contribution in [3.8, 4) is 0 Å². The second kappa shape index (κ2) is 11.4. The van der Waals surface area contributed by atoms with Gasteiger partial charge in [0.15, 0.2) is 0 Å². The molecule has 1 saturated carbocycles. The molecule has 2 aromatic rings. The van der Waals surface area contributed by atoms with E-state index < -0.39 is 6.04 Å². The second-order valence-electron chi connectivity index (χ2n) is 8.36. The average Bonchev–Trinajstić information content (AvgIpc) is 3.25. The van der Waals surface area contributed by atoms with Crippen molar-refractivity contribution in [1.82, 2.24) is 15.6 Å². The Balaban J connectivity index is 1.60. The van der Waals surface area contributed by atoms with Gasteiger partial charge >= 0.3 is 6.03 Å². The standard InChI is InChI=1S/C24H32N4O3/c1-17(29)9-3-2-4-14-22(28-24(31)27-19-11-6-7-12-19)23(30)26-20-15-18-10-5-8-13-21(18)25-16-20/h5,8,10,13,15-16,19,22H,2-4,6-7,9,11-12,14H2,1H3,(H,26,30)(H2,27,28,31)/t22-/m0/s1. The van der Waals surface area contributed by atoms with Crippen LogP contribution in [-0.4, -0.2) is 34.8 Å². The highest BCUT2D eigenvalue weighted by atomic mass is 16.2. The number of hydrogen-bond donors (Lipinski definition) is 3. The summed E-state index contributed by atoms with van der Waals surface area (Å²) in [5.74, 6) is -0.0858. The van der Waals surface area contributed by atoms with Gasteiger partial charge in [-0.1, -0.05) is 43.9 Å². The number of anilines is 1. The Morgan fingerprint density at radius 1 is 1.10 bits per heavy atom. The molecule has 3 amide bonds. The highest BCUT2D eigenvalue weighted by molar-refractivity contribution is 5.98. The molecule has 1 fully saturated rings. The first-order chi connectivity index (χ1) is 15.0. The summed E-state index contributed by atoms with van der Waals surface area (Å²) >= 11 is 0. The summed E-state index contributed by atoms with van der Waals surface area (Å²) in [6.45, 7) is 1.59. The maximum atomic E-state index is 13.0. The highest BCUT2D eigenvalue weighted by Crippen LogP contribution is 2.18. The Bertz CT molecular complexity index is 909. The van der Waals surface area contributed by atoms with Crippen LogP contribution >= 0.6 is 0 Å². The van der Waals surface area contributed by atoms with Crippen molar-refractivity contribution >= 4 is 34.3 Å². The lowest BCUT2D eigenvalue weighted by atomic mass is 10.1. The van der Waals surface area contributed by atoms with E-state index in [1.165, 1.54) is 0 Å². The monoisotopic (exact) mass is 424 g/mol. The van der Waals surface area contributed by atoms with E-state index in [1.807, 2.05) is 30.3 Å². The molecule has 1 atom stereocenters. The fourth-order valence-electron chi connectivity index (χ4n) is 3.99. The van der Waals surface area contributed by atoms with Gasteiger partial charge in [-0.25, -0.2) is 4.79 Å². The van der Waals surface area contributed by atoms with Crippen LogP contribution in [0.5, 0.6) is 0 Å². The zero-order valence-electron chi connectivity index (χ0n) is 18.2. The minimum absolute atomic E-state index is 0.173. The molecule has 0 saturated heterocycles. The van der Waals surface area contributed by atoms with Gasteiger partial charge in [0.05, 0.1) is 17.4 Å². The SMILES string of the molecule is CC(=O)CCCCC[C@H](NC(=O)NC1CCCC1)C(=O)Nc1cnc2ccccc2c1. The van der Waals surface area contributed by atoms with Crippen molar-refractivity contribution in [1.29, 1.82) is 0 Å². The van der Waals surface area contributed by atoms with Crippen LogP contribution in [0.3, 0.4) is 0 Å². The maximum Gasteiger partial charge on any atom is 0.315 e. The van der Waals surface area contributed by atoms with E-state index >= 15 is 0 Å². The summed E-state index contributed by atoms with van der Waals surface area (Å²) in [6, 6.07) is 8.82. The van der Waals surface area contributed by atoms with Crippen molar-refractivity contribution in [2.24, 2.45) is 0 Å². The number of nitrogens with one attached hydrogen (secondary N) is 3. The molecule has 1 aromatic carbocycles. The molecule has 166 valence electrons. The molecular formula is C24H32N4O3. The van der Waals surface area contributed by atoms with E-state index in [0.29, 0.717) is 18.5 Å². The van der Waals surface area contributed by atoms with Gasteiger partial charge in [-0.3, -0.25) is 9.78 Å². The molecule has 1 aliphatic carbocycles. The van der Waals surface area contributed by atoms with Crippen molar-refractivity contribution in [2.45, 2.75) is 76.8 Å². The van der Waals surface area contributed by atoms with Gasteiger partial charge in [-0.2, -0.15) is 0 Å². The molecule has 3 rings (SSSR count). The molecule has 7 heteroatoms. The number of carbonyl (C=O) groups excluding carboxylic acids is 3. The lowest BCUT2D eigenvalue weighted by Crippen LogP contribution is -2.50. The average molecular weight is 425 g/mol. The number of unbranched alkanes of at least 4 members (excludes halogenated alkanes) is 2. The largest absolute Gasteiger partial charge is 0.335 e. The maximum absolute atomic E-state index is 13.0. The fourth-order valence-corrected chi connectivity index (χ4v) is 3.99. The minimum Gasteiger partial charge on any atom is -0.335 e. The van der Waals surface area contributed by atoms with Gasteiger partial charge in [0, 0.05) is 17.8 Å². The van der Waals surface area contributed by atoms with Gasteiger partial charge in [-0.05, 0) is 44.7 Å². The van der Waals surface area contributed by atoms with Gasteiger partial charge < -0.3 is 20.7 Å². The summed E-state index contributed by atoms with van der Waals surface area (Å²) in [7, 11) is 0. The van der Waals surface area contributed by atoms with E-state index in [4.69, 9.17) is 0 Å². The van der Waals surface area contributed by atoms with E-state index in [2.05, 4.69) is 20.9 Å². The zero-order chi connectivity index (χ0) is 22.1. The number of pyridine rings is 1. The quantitative estimate of drug-likeness (QED) is 0.494. The number of ketones is 1. The molecule has 7 nitrogen and oxygen atoms in total. The molecule has 0 spiro atoms. The summed E-state index contributed by atoms with van der Waals surface area (Å²) in [5, 5.41) is 9.67. The number of aromatic nitrogens is 1. The lowest BCUT2D eigenvalue weighted by Gasteiger charge is -2.20. The molecule has 0 bridgehead atoms. The summed E-state index contributed by atoms with van der Waals surface area (Å²) in [5.41, 5.74) is 1.46. The van der Waals surface area contributed by atoms with Crippen LogP contribution in [0.25, 0.3) is 10.9 Å². The van der Waals surface area contributed by atoms with E-state index in [1.54, 1.807) is 13.1 Å². The Hall–Kier alpha value is -2.96. The number of benzene rings is 1. The number of fused-ring (bicyclic) bond motifs is 1. The number of nitrogens with zero attached hydrogens (tertiary/aromatic N) is 1. The van der Waals surface area contributed by atoms with E-state index in [0.717, 1.165) is 55.8 Å². The Morgan fingerprint density at radius 3 is 2.65 bits per heavy atom. The Kier molecular flexibility index (Phi) is 8.38. The molecule has 0 unspecified atom stereocenters. The number of rotatable bonds is 10. The van der Waals surface area contributed by atoms with Crippen LogP contribution in [0.1, 0.15) is 64.7 Å². The van der Waals surface area contributed by atoms with Gasteiger partial charge in [-0.15, -0.1) is 0 Å². The van der Waals surface area contributed by atoms with Crippen molar-refractivity contribution < 1.29 is 14.4 Å². The molecule has 3 N–H and O–H groups in total. The van der Waals surface area contributed by atoms with E-state index in [9.17, 15) is 14.4 Å². The number of urea groups is 1. The minimum atomic E-state index is -0.648. The molecule has 0 aliphatic heterocycles. The number of amides is 3. The lowest BCUT2D eigenvalue weighted by molar-refractivity contribution is -0.118. The number of para-hydroxylation sites is 1. The summed E-state index contributed by atoms with van der Waals surface area (Å²) < 4.78 is 0. The third-order valence-corrected chi connectivity index (χ3v) is 5.69. The van der Waals surface area contributed by atoms with Crippen LogP contribution in [0.4, 0.5) is 10.5 Å². The molecule has 31 heavy (non-hydrogen) atoms. The molecule has 1 heterocycles. The smallest absolute Gasteiger partial charge is 0.315 e. The third-order valence-electron chi connectivity index (χ3n) is 5.69. The van der Waals surface area contributed by atoms with Crippen molar-refractivity contribution in [3.63, 3.8) is 0 Å². The molecule has 1 aliphatic rings. The van der Waals surface area contributed by atoms with Crippen LogP contribution in [0.2, 0.25) is 0 Å². The van der Waals surface area contributed by atoms with Gasteiger partial charge in [0.2, 0.25) is 5.91 Å². The van der Waals surface area contributed by atoms with Crippen LogP contribution < -0.4 is 16.0 Å². The predicted octanol–water partition coefficient (Wildman–Crippen LogP) is 4.32. The second-order valence-corrected chi connectivity index (χ2v) is 8.36. The van der Waals surface area contributed by atoms with Crippen LogP contribution in [0.15, 0.2) is 36.5 Å².